The fraction of sp³-hybridized carbons (Fsp3) is 0.500. The quantitative estimate of drug-likeness (QED) is 0.489. The zero-order chi connectivity index (χ0) is 19.8. The molecule has 0 aliphatic rings. The van der Waals surface area contributed by atoms with Crippen molar-refractivity contribution in [3.8, 4) is 23.0 Å². The average Bonchev–Trinajstić information content (AvgIpc) is 2.60. The molecule has 0 unspecified atom stereocenters. The van der Waals surface area contributed by atoms with Crippen molar-refractivity contribution in [2.24, 2.45) is 0 Å². The number of aromatic hydroxyl groups is 2. The molecule has 0 aliphatic carbocycles. The van der Waals surface area contributed by atoms with Gasteiger partial charge in [-0.3, -0.25) is 0 Å². The van der Waals surface area contributed by atoms with Crippen molar-refractivity contribution in [2.45, 2.75) is 79.1 Å². The van der Waals surface area contributed by atoms with E-state index in [4.69, 9.17) is 4.74 Å². The minimum atomic E-state index is 0.308. The summed E-state index contributed by atoms with van der Waals surface area (Å²) in [4.78, 5) is 0. The van der Waals surface area contributed by atoms with Gasteiger partial charge in [0.15, 0.2) is 0 Å². The molecular weight excluding hydrogens is 336 g/mol. The summed E-state index contributed by atoms with van der Waals surface area (Å²) >= 11 is 0. The summed E-state index contributed by atoms with van der Waals surface area (Å²) in [7, 11) is 0. The fourth-order valence-electron chi connectivity index (χ4n) is 3.66. The molecule has 0 aliphatic heterocycles. The Morgan fingerprint density at radius 3 is 1.04 bits per heavy atom. The van der Waals surface area contributed by atoms with Crippen LogP contribution in [0.2, 0.25) is 0 Å². The van der Waals surface area contributed by atoms with Crippen LogP contribution in [0, 0.1) is 0 Å². The predicted molar refractivity (Wildman–Crippen MR) is 112 cm³/mol. The summed E-state index contributed by atoms with van der Waals surface area (Å²) in [5.74, 6) is 2.39. The van der Waals surface area contributed by atoms with Gasteiger partial charge in [-0.15, -0.1) is 0 Å². The van der Waals surface area contributed by atoms with Gasteiger partial charge >= 0.3 is 0 Å². The zero-order valence-electron chi connectivity index (χ0n) is 17.3. The third-order valence-electron chi connectivity index (χ3n) is 4.74. The molecule has 0 spiro atoms. The lowest BCUT2D eigenvalue weighted by Gasteiger charge is -2.21. The monoisotopic (exact) mass is 370 g/mol. The Balaban J connectivity index is 2.60. The van der Waals surface area contributed by atoms with Crippen molar-refractivity contribution in [1.82, 2.24) is 0 Å². The Morgan fingerprint density at radius 1 is 0.556 bits per heavy atom. The van der Waals surface area contributed by atoms with Gasteiger partial charge < -0.3 is 14.9 Å². The molecule has 0 heterocycles. The number of rotatable bonds is 10. The third kappa shape index (κ3) is 5.41. The van der Waals surface area contributed by atoms with Crippen molar-refractivity contribution in [2.75, 3.05) is 0 Å². The Labute approximate surface area is 164 Å². The van der Waals surface area contributed by atoms with Gasteiger partial charge in [0.25, 0.3) is 0 Å². The molecule has 27 heavy (non-hydrogen) atoms. The number of hydrogen-bond acceptors (Lipinski definition) is 3. The summed E-state index contributed by atoms with van der Waals surface area (Å²) in [6, 6.07) is 7.32. The number of hydrogen-bond donors (Lipinski definition) is 2. The van der Waals surface area contributed by atoms with Gasteiger partial charge in [0.1, 0.15) is 23.0 Å². The van der Waals surface area contributed by atoms with E-state index in [-0.39, 0.29) is 0 Å². The average molecular weight is 371 g/mol. The van der Waals surface area contributed by atoms with E-state index in [1.54, 1.807) is 0 Å². The zero-order valence-corrected chi connectivity index (χ0v) is 17.3. The van der Waals surface area contributed by atoms with Crippen molar-refractivity contribution in [3.63, 3.8) is 0 Å². The van der Waals surface area contributed by atoms with Crippen LogP contribution in [0.1, 0.15) is 75.6 Å². The predicted octanol–water partition coefficient (Wildman–Crippen LogP) is 6.70. The van der Waals surface area contributed by atoms with E-state index in [9.17, 15) is 10.2 Å². The Bertz CT molecular complexity index is 632. The van der Waals surface area contributed by atoms with Crippen LogP contribution in [-0.2, 0) is 25.7 Å². The van der Waals surface area contributed by atoms with Crippen molar-refractivity contribution < 1.29 is 14.9 Å². The molecule has 3 heteroatoms. The maximum absolute atomic E-state index is 10.2. The Hall–Kier alpha value is -2.16. The number of phenolic OH excluding ortho intramolecular Hbond substituents is 2. The topological polar surface area (TPSA) is 49.7 Å². The molecule has 0 atom stereocenters. The molecule has 0 bridgehead atoms. The first-order valence-corrected chi connectivity index (χ1v) is 10.4. The number of benzene rings is 2. The normalized spacial score (nSPS) is 11.0. The van der Waals surface area contributed by atoms with E-state index in [1.165, 1.54) is 0 Å². The first-order valence-electron chi connectivity index (χ1n) is 10.4. The summed E-state index contributed by atoms with van der Waals surface area (Å²) < 4.78 is 6.60. The van der Waals surface area contributed by atoms with Gasteiger partial charge in [-0.1, -0.05) is 53.4 Å². The molecular formula is C24H34O3. The maximum Gasteiger partial charge on any atom is 0.134 e. The summed E-state index contributed by atoms with van der Waals surface area (Å²) in [6.45, 7) is 8.55. The summed E-state index contributed by atoms with van der Waals surface area (Å²) in [5.41, 5.74) is 4.22. The van der Waals surface area contributed by atoms with Crippen LogP contribution < -0.4 is 4.74 Å². The lowest BCUT2D eigenvalue weighted by molar-refractivity contribution is 0.439. The smallest absolute Gasteiger partial charge is 0.134 e. The molecule has 2 N–H and O–H groups in total. The summed E-state index contributed by atoms with van der Waals surface area (Å²) in [5, 5.41) is 20.3. The molecule has 2 aromatic carbocycles. The van der Waals surface area contributed by atoms with E-state index >= 15 is 0 Å². The van der Waals surface area contributed by atoms with Gasteiger partial charge in [0.2, 0.25) is 0 Å². The molecule has 2 aromatic rings. The van der Waals surface area contributed by atoms with Crippen LogP contribution in [0.25, 0.3) is 0 Å². The second kappa shape index (κ2) is 10.2. The minimum absolute atomic E-state index is 0.308. The highest BCUT2D eigenvalue weighted by Gasteiger charge is 2.18. The molecule has 148 valence electrons. The number of phenols is 2. The Morgan fingerprint density at radius 2 is 0.815 bits per heavy atom. The SMILES string of the molecule is CCCc1cc(O)cc(CCC)c1Oc1c(CCC)cc(O)cc1CCC. The number of aryl methyl sites for hydroxylation is 4. The minimum Gasteiger partial charge on any atom is -0.508 e. The first-order chi connectivity index (χ1) is 13.0. The molecule has 0 saturated carbocycles. The van der Waals surface area contributed by atoms with Crippen LogP contribution in [0.15, 0.2) is 24.3 Å². The maximum atomic E-state index is 10.2. The molecule has 0 amide bonds. The van der Waals surface area contributed by atoms with Crippen LogP contribution in [0.3, 0.4) is 0 Å². The van der Waals surface area contributed by atoms with Crippen molar-refractivity contribution >= 4 is 0 Å². The molecule has 0 fully saturated rings. The standard InChI is InChI=1S/C24H34O3/c1-5-9-17-13-21(25)14-18(10-6-2)23(17)27-24-19(11-7-3)15-22(26)16-20(24)12-8-4/h13-16,25-26H,5-12H2,1-4H3. The lowest BCUT2D eigenvalue weighted by atomic mass is 9.99. The number of ether oxygens (including phenoxy) is 1. The Kier molecular flexibility index (Phi) is 8.02. The van der Waals surface area contributed by atoms with Crippen LogP contribution in [0.5, 0.6) is 23.0 Å². The van der Waals surface area contributed by atoms with Gasteiger partial charge in [-0.05, 0) is 72.2 Å². The van der Waals surface area contributed by atoms with Crippen molar-refractivity contribution in [3.05, 3.63) is 46.5 Å². The third-order valence-corrected chi connectivity index (χ3v) is 4.74. The van der Waals surface area contributed by atoms with Gasteiger partial charge in [0.05, 0.1) is 0 Å². The van der Waals surface area contributed by atoms with Gasteiger partial charge in [-0.2, -0.15) is 0 Å². The highest BCUT2D eigenvalue weighted by atomic mass is 16.5. The summed E-state index contributed by atoms with van der Waals surface area (Å²) in [6.07, 6.45) is 7.43. The van der Waals surface area contributed by atoms with Gasteiger partial charge in [-0.25, -0.2) is 0 Å². The van der Waals surface area contributed by atoms with E-state index in [0.29, 0.717) is 11.5 Å². The van der Waals surface area contributed by atoms with E-state index in [2.05, 4.69) is 27.7 Å². The van der Waals surface area contributed by atoms with Crippen LogP contribution in [-0.4, -0.2) is 10.2 Å². The molecule has 0 aromatic heterocycles. The largest absolute Gasteiger partial charge is 0.508 e. The second-order valence-electron chi connectivity index (χ2n) is 7.29. The second-order valence-corrected chi connectivity index (χ2v) is 7.29. The molecule has 0 radical (unpaired) electrons. The molecule has 0 saturated heterocycles. The first kappa shape index (κ1) is 21.1. The van der Waals surface area contributed by atoms with Crippen molar-refractivity contribution in [1.29, 1.82) is 0 Å². The lowest BCUT2D eigenvalue weighted by Crippen LogP contribution is -2.03. The molecule has 2 rings (SSSR count). The molecule has 3 nitrogen and oxygen atoms in total. The van der Waals surface area contributed by atoms with E-state index in [1.807, 2.05) is 24.3 Å². The van der Waals surface area contributed by atoms with Gasteiger partial charge in [0, 0.05) is 0 Å². The van der Waals surface area contributed by atoms with Crippen LogP contribution >= 0.6 is 0 Å². The highest BCUT2D eigenvalue weighted by molar-refractivity contribution is 5.53. The van der Waals surface area contributed by atoms with E-state index in [0.717, 1.165) is 85.1 Å². The van der Waals surface area contributed by atoms with Crippen LogP contribution in [0.4, 0.5) is 0 Å². The van der Waals surface area contributed by atoms with E-state index < -0.39 is 0 Å². The fourth-order valence-corrected chi connectivity index (χ4v) is 3.66. The highest BCUT2D eigenvalue weighted by Crippen LogP contribution is 2.39.